The van der Waals surface area contributed by atoms with Gasteiger partial charge in [-0.15, -0.1) is 11.3 Å². The Hall–Kier alpha value is -1.18. The first kappa shape index (κ1) is 16.2. The Kier molecular flexibility index (Phi) is 5.55. The number of nitrogens with one attached hydrogen (secondary N) is 1. The van der Waals surface area contributed by atoms with E-state index in [4.69, 9.17) is 4.74 Å². The van der Waals surface area contributed by atoms with Gasteiger partial charge in [-0.2, -0.15) is 0 Å². The molecule has 0 saturated heterocycles. The fraction of sp³-hybridized carbons (Fsp3) is 0.500. The number of hydrogen-bond donors (Lipinski definition) is 1. The molecule has 2 aromatic heterocycles. The van der Waals surface area contributed by atoms with E-state index in [9.17, 15) is 4.79 Å². The zero-order valence-electron chi connectivity index (χ0n) is 12.6. The average Bonchev–Trinajstić information content (AvgIpc) is 2.73. The minimum Gasteiger partial charge on any atom is -0.383 e. The molecular weight excluding hydrogens is 306 g/mol. The Balaban J connectivity index is 2.05. The normalized spacial score (nSPS) is 12.6. The van der Waals surface area contributed by atoms with Gasteiger partial charge in [-0.1, -0.05) is 11.8 Å². The fourth-order valence-electron chi connectivity index (χ4n) is 2.00. The maximum atomic E-state index is 11.9. The molecule has 0 aliphatic rings. The average molecular weight is 325 g/mol. The smallest absolute Gasteiger partial charge is 0.230 e. The number of hydrogen-bond acceptors (Lipinski definition) is 6. The zero-order valence-corrected chi connectivity index (χ0v) is 14.2. The Morgan fingerprint density at radius 1 is 1.48 bits per heavy atom. The van der Waals surface area contributed by atoms with Gasteiger partial charge in [-0.25, -0.2) is 9.97 Å². The SMILES string of the molecule is COCC(C)NC(=O)CSc1ncnc2sc(C)c(C)c12. The summed E-state index contributed by atoms with van der Waals surface area (Å²) in [6, 6.07) is 0.0126. The molecule has 0 bridgehead atoms. The quantitative estimate of drug-likeness (QED) is 0.653. The molecule has 5 nitrogen and oxygen atoms in total. The molecule has 2 heterocycles. The van der Waals surface area contributed by atoms with E-state index in [1.165, 1.54) is 22.2 Å². The van der Waals surface area contributed by atoms with Crippen molar-refractivity contribution >= 4 is 39.2 Å². The van der Waals surface area contributed by atoms with Gasteiger partial charge < -0.3 is 10.1 Å². The molecule has 0 aromatic carbocycles. The lowest BCUT2D eigenvalue weighted by atomic mass is 10.2. The molecule has 2 rings (SSSR count). The maximum absolute atomic E-state index is 11.9. The molecule has 1 atom stereocenters. The topological polar surface area (TPSA) is 64.1 Å². The number of carbonyl (C=O) groups is 1. The molecule has 0 fully saturated rings. The van der Waals surface area contributed by atoms with Crippen LogP contribution in [0.3, 0.4) is 0 Å². The summed E-state index contributed by atoms with van der Waals surface area (Å²) in [5, 5.41) is 4.84. The van der Waals surface area contributed by atoms with Crippen molar-refractivity contribution in [1.82, 2.24) is 15.3 Å². The standard InChI is InChI=1S/C14H19N3O2S2/c1-8(5-19-4)17-11(18)6-20-13-12-9(2)10(3)21-14(12)16-7-15-13/h7-8H,5-6H2,1-4H3,(H,17,18). The Morgan fingerprint density at radius 3 is 2.95 bits per heavy atom. The van der Waals surface area contributed by atoms with Crippen LogP contribution in [0.2, 0.25) is 0 Å². The highest BCUT2D eigenvalue weighted by Gasteiger charge is 2.14. The second-order valence-electron chi connectivity index (χ2n) is 4.85. The Bertz CT molecular complexity index is 642. The molecule has 0 aliphatic heterocycles. The molecule has 1 amide bonds. The Labute approximate surface area is 132 Å². The van der Waals surface area contributed by atoms with Gasteiger partial charge in [0.1, 0.15) is 16.2 Å². The maximum Gasteiger partial charge on any atom is 0.230 e. The fourth-order valence-corrected chi connectivity index (χ4v) is 3.93. The van der Waals surface area contributed by atoms with E-state index >= 15 is 0 Å². The van der Waals surface area contributed by atoms with E-state index in [0.29, 0.717) is 12.4 Å². The van der Waals surface area contributed by atoms with Crippen molar-refractivity contribution in [2.45, 2.75) is 31.8 Å². The van der Waals surface area contributed by atoms with Crippen molar-refractivity contribution in [2.75, 3.05) is 19.5 Å². The first-order valence-corrected chi connectivity index (χ1v) is 8.45. The van der Waals surface area contributed by atoms with Crippen LogP contribution >= 0.6 is 23.1 Å². The molecule has 0 radical (unpaired) electrons. The lowest BCUT2D eigenvalue weighted by molar-refractivity contribution is -0.119. The van der Waals surface area contributed by atoms with E-state index in [0.717, 1.165) is 15.2 Å². The van der Waals surface area contributed by atoms with Gasteiger partial charge in [-0.3, -0.25) is 4.79 Å². The largest absolute Gasteiger partial charge is 0.383 e. The van der Waals surface area contributed by atoms with Crippen molar-refractivity contribution in [2.24, 2.45) is 0 Å². The van der Waals surface area contributed by atoms with E-state index in [1.54, 1.807) is 24.8 Å². The van der Waals surface area contributed by atoms with Crippen LogP contribution in [0.4, 0.5) is 0 Å². The van der Waals surface area contributed by atoms with Gasteiger partial charge in [0, 0.05) is 23.4 Å². The van der Waals surface area contributed by atoms with Crippen LogP contribution in [0.15, 0.2) is 11.4 Å². The number of ether oxygens (including phenoxy) is 1. The van der Waals surface area contributed by atoms with Crippen molar-refractivity contribution in [1.29, 1.82) is 0 Å². The highest BCUT2D eigenvalue weighted by molar-refractivity contribution is 8.00. The Morgan fingerprint density at radius 2 is 2.24 bits per heavy atom. The number of nitrogens with zero attached hydrogens (tertiary/aromatic N) is 2. The van der Waals surface area contributed by atoms with Crippen molar-refractivity contribution in [3.8, 4) is 0 Å². The number of methoxy groups -OCH3 is 1. The summed E-state index contributed by atoms with van der Waals surface area (Å²) >= 11 is 3.11. The van der Waals surface area contributed by atoms with Gasteiger partial charge in [0.15, 0.2) is 0 Å². The van der Waals surface area contributed by atoms with Gasteiger partial charge in [0.05, 0.1) is 12.4 Å². The van der Waals surface area contributed by atoms with Crippen LogP contribution in [-0.2, 0) is 9.53 Å². The zero-order chi connectivity index (χ0) is 15.4. The van der Waals surface area contributed by atoms with E-state index < -0.39 is 0 Å². The lowest BCUT2D eigenvalue weighted by Gasteiger charge is -2.12. The van der Waals surface area contributed by atoms with Gasteiger partial charge in [0.2, 0.25) is 5.91 Å². The molecule has 0 saturated carbocycles. The molecular formula is C14H19N3O2S2. The van der Waals surface area contributed by atoms with Crippen LogP contribution in [-0.4, -0.2) is 41.4 Å². The summed E-state index contributed by atoms with van der Waals surface area (Å²) in [4.78, 5) is 22.7. The lowest BCUT2D eigenvalue weighted by Crippen LogP contribution is -2.36. The summed E-state index contributed by atoms with van der Waals surface area (Å²) in [5.74, 6) is 0.329. The third-order valence-electron chi connectivity index (χ3n) is 3.09. The minimum absolute atomic E-state index is 0.0126. The summed E-state index contributed by atoms with van der Waals surface area (Å²) < 4.78 is 5.00. The molecule has 114 valence electrons. The molecule has 0 aliphatic carbocycles. The van der Waals surface area contributed by atoms with Crippen LogP contribution in [0.1, 0.15) is 17.4 Å². The number of thioether (sulfide) groups is 1. The van der Waals surface area contributed by atoms with Crippen molar-refractivity contribution in [3.63, 3.8) is 0 Å². The number of aryl methyl sites for hydroxylation is 2. The predicted octanol–water partition coefficient (Wildman–Crippen LogP) is 2.55. The van der Waals surface area contributed by atoms with Gasteiger partial charge >= 0.3 is 0 Å². The second-order valence-corrected chi connectivity index (χ2v) is 7.02. The van der Waals surface area contributed by atoms with Crippen LogP contribution in [0, 0.1) is 13.8 Å². The number of carbonyl (C=O) groups excluding carboxylic acids is 1. The first-order chi connectivity index (χ1) is 10.0. The van der Waals surface area contributed by atoms with Crippen LogP contribution in [0.25, 0.3) is 10.2 Å². The number of amides is 1. The molecule has 7 heteroatoms. The summed E-state index contributed by atoms with van der Waals surface area (Å²) in [7, 11) is 1.62. The highest BCUT2D eigenvalue weighted by Crippen LogP contribution is 2.34. The monoisotopic (exact) mass is 325 g/mol. The van der Waals surface area contributed by atoms with Crippen molar-refractivity contribution < 1.29 is 9.53 Å². The highest BCUT2D eigenvalue weighted by atomic mass is 32.2. The van der Waals surface area contributed by atoms with E-state index in [-0.39, 0.29) is 11.9 Å². The minimum atomic E-state index is -0.0130. The third kappa shape index (κ3) is 3.93. The van der Waals surface area contributed by atoms with Gasteiger partial charge in [-0.05, 0) is 26.3 Å². The van der Waals surface area contributed by atoms with E-state index in [1.807, 2.05) is 6.92 Å². The molecule has 1 unspecified atom stereocenters. The number of thiophene rings is 1. The summed E-state index contributed by atoms with van der Waals surface area (Å²) in [6.45, 7) is 6.58. The molecule has 21 heavy (non-hydrogen) atoms. The predicted molar refractivity (Wildman–Crippen MR) is 87.1 cm³/mol. The van der Waals surface area contributed by atoms with Crippen LogP contribution < -0.4 is 5.32 Å². The summed E-state index contributed by atoms with van der Waals surface area (Å²) in [6.07, 6.45) is 1.56. The molecule has 1 N–H and O–H groups in total. The van der Waals surface area contributed by atoms with Crippen LogP contribution in [0.5, 0.6) is 0 Å². The number of rotatable bonds is 6. The molecule has 2 aromatic rings. The molecule has 0 spiro atoms. The van der Waals surface area contributed by atoms with Crippen molar-refractivity contribution in [3.05, 3.63) is 16.8 Å². The van der Waals surface area contributed by atoms with E-state index in [2.05, 4.69) is 29.1 Å². The summed E-state index contributed by atoms with van der Waals surface area (Å²) in [5.41, 5.74) is 1.20. The number of fused-ring (bicyclic) bond motifs is 1. The first-order valence-electron chi connectivity index (χ1n) is 6.64. The van der Waals surface area contributed by atoms with Gasteiger partial charge in [0.25, 0.3) is 0 Å². The second kappa shape index (κ2) is 7.20. The number of aromatic nitrogens is 2. The third-order valence-corrected chi connectivity index (χ3v) is 5.20.